The molecule has 0 unspecified atom stereocenters. The molecule has 103 valence electrons. The summed E-state index contributed by atoms with van der Waals surface area (Å²) in [4.78, 5) is 17.9. The van der Waals surface area contributed by atoms with Crippen molar-refractivity contribution in [3.63, 3.8) is 0 Å². The summed E-state index contributed by atoms with van der Waals surface area (Å²) in [6, 6.07) is 4.99. The van der Waals surface area contributed by atoms with E-state index in [4.69, 9.17) is 0 Å². The van der Waals surface area contributed by atoms with Gasteiger partial charge >= 0.3 is 0 Å². The first-order valence-corrected chi connectivity index (χ1v) is 6.57. The first-order chi connectivity index (χ1) is 8.94. The summed E-state index contributed by atoms with van der Waals surface area (Å²) in [5, 5.41) is 0. The maximum Gasteiger partial charge on any atom is 0.240 e. The zero-order chi connectivity index (χ0) is 14.0. The molecule has 1 radical (unpaired) electrons. The molecule has 1 aromatic rings. The van der Waals surface area contributed by atoms with Crippen LogP contribution in [0.15, 0.2) is 12.3 Å². The van der Waals surface area contributed by atoms with Gasteiger partial charge in [-0.3, -0.25) is 4.79 Å². The Morgan fingerprint density at radius 3 is 2.50 bits per heavy atom. The SMILES string of the molecule is CC(C)c1[c-]cc(C#CC2(C(=O)N(C)C)CC2)nc1.[Y]. The summed E-state index contributed by atoms with van der Waals surface area (Å²) in [5.41, 5.74) is 1.31. The minimum absolute atomic E-state index is 0. The van der Waals surface area contributed by atoms with E-state index in [-0.39, 0.29) is 38.6 Å². The molecule has 1 saturated carbocycles. The average molecular weight is 344 g/mol. The Bertz CT molecular complexity index is 534. The third-order valence-corrected chi connectivity index (χ3v) is 3.34. The molecular formula is C16H19N2OY-. The summed E-state index contributed by atoms with van der Waals surface area (Å²) in [7, 11) is 3.54. The summed E-state index contributed by atoms with van der Waals surface area (Å²) in [5.74, 6) is 6.62. The van der Waals surface area contributed by atoms with Crippen molar-refractivity contribution < 1.29 is 37.5 Å². The van der Waals surface area contributed by atoms with E-state index < -0.39 is 5.41 Å². The predicted octanol–water partition coefficient (Wildman–Crippen LogP) is 2.22. The third-order valence-electron chi connectivity index (χ3n) is 3.34. The van der Waals surface area contributed by atoms with Gasteiger partial charge in [0, 0.05) is 46.8 Å². The number of hydrogen-bond donors (Lipinski definition) is 0. The van der Waals surface area contributed by atoms with Gasteiger partial charge in [-0.25, -0.2) is 0 Å². The van der Waals surface area contributed by atoms with E-state index in [0.717, 1.165) is 18.4 Å². The fourth-order valence-electron chi connectivity index (χ4n) is 1.88. The van der Waals surface area contributed by atoms with Crippen LogP contribution in [0.5, 0.6) is 0 Å². The monoisotopic (exact) mass is 344 g/mol. The molecule has 1 amide bonds. The number of nitrogens with zero attached hydrogens (tertiary/aromatic N) is 2. The van der Waals surface area contributed by atoms with Crippen LogP contribution in [0.3, 0.4) is 0 Å². The largest absolute Gasteiger partial charge is 0.375 e. The Balaban J connectivity index is 0.00000200. The Hall–Kier alpha value is -0.716. The molecule has 0 aromatic carbocycles. The zero-order valence-electron chi connectivity index (χ0n) is 12.5. The van der Waals surface area contributed by atoms with Crippen LogP contribution in [-0.2, 0) is 37.5 Å². The van der Waals surface area contributed by atoms with E-state index in [1.807, 2.05) is 6.20 Å². The minimum Gasteiger partial charge on any atom is -0.375 e. The average Bonchev–Trinajstić information content (AvgIpc) is 3.17. The number of pyridine rings is 1. The summed E-state index contributed by atoms with van der Waals surface area (Å²) >= 11 is 0. The van der Waals surface area contributed by atoms with Gasteiger partial charge in [0.25, 0.3) is 0 Å². The summed E-state index contributed by atoms with van der Waals surface area (Å²) < 4.78 is 0. The van der Waals surface area contributed by atoms with Crippen molar-refractivity contribution in [2.75, 3.05) is 14.1 Å². The van der Waals surface area contributed by atoms with Crippen molar-refractivity contribution in [3.8, 4) is 11.8 Å². The van der Waals surface area contributed by atoms with Crippen LogP contribution >= 0.6 is 0 Å². The van der Waals surface area contributed by atoms with Gasteiger partial charge in [-0.2, -0.15) is 6.07 Å². The first-order valence-electron chi connectivity index (χ1n) is 6.57. The number of amides is 1. The fourth-order valence-corrected chi connectivity index (χ4v) is 1.88. The Morgan fingerprint density at radius 2 is 2.10 bits per heavy atom. The number of hydrogen-bond acceptors (Lipinski definition) is 2. The Labute approximate surface area is 146 Å². The molecule has 0 N–H and O–H groups in total. The van der Waals surface area contributed by atoms with Crippen molar-refractivity contribution in [2.24, 2.45) is 5.41 Å². The van der Waals surface area contributed by atoms with Crippen LogP contribution in [-0.4, -0.2) is 29.9 Å². The maximum atomic E-state index is 12.0. The smallest absolute Gasteiger partial charge is 0.240 e. The standard InChI is InChI=1S/C16H19N2O.Y/c1-12(2)13-5-6-14(17-11-13)7-8-16(9-10-16)15(19)18(3)4;/h6,11-12H,9-10H2,1-4H3;/q-1;. The van der Waals surface area contributed by atoms with Crippen molar-refractivity contribution >= 4 is 5.91 Å². The van der Waals surface area contributed by atoms with Gasteiger partial charge in [-0.15, -0.1) is 17.6 Å². The number of carbonyl (C=O) groups is 1. The van der Waals surface area contributed by atoms with E-state index in [0.29, 0.717) is 11.6 Å². The van der Waals surface area contributed by atoms with Gasteiger partial charge in [-0.05, 0) is 24.5 Å². The molecule has 1 heterocycles. The van der Waals surface area contributed by atoms with Gasteiger partial charge in [-0.1, -0.05) is 26.0 Å². The molecule has 0 spiro atoms. The molecule has 0 aliphatic heterocycles. The fraction of sp³-hybridized carbons (Fsp3) is 0.500. The van der Waals surface area contributed by atoms with E-state index >= 15 is 0 Å². The van der Waals surface area contributed by atoms with Crippen molar-refractivity contribution in [2.45, 2.75) is 32.6 Å². The molecule has 0 saturated heterocycles. The normalized spacial score (nSPS) is 14.8. The molecule has 3 nitrogen and oxygen atoms in total. The van der Waals surface area contributed by atoms with Crippen LogP contribution in [0.4, 0.5) is 0 Å². The van der Waals surface area contributed by atoms with Crippen LogP contribution in [0.2, 0.25) is 0 Å². The molecule has 1 aromatic heterocycles. The minimum atomic E-state index is -0.456. The van der Waals surface area contributed by atoms with Crippen molar-refractivity contribution in [1.82, 2.24) is 9.88 Å². The topological polar surface area (TPSA) is 33.2 Å². The van der Waals surface area contributed by atoms with Gasteiger partial charge in [0.05, 0.1) is 0 Å². The molecule has 4 heteroatoms. The summed E-state index contributed by atoms with van der Waals surface area (Å²) in [6.07, 6.45) is 3.51. The van der Waals surface area contributed by atoms with Crippen LogP contribution in [0.1, 0.15) is 43.9 Å². The quantitative estimate of drug-likeness (QED) is 0.609. The summed E-state index contributed by atoms with van der Waals surface area (Å²) in [6.45, 7) is 4.21. The second-order valence-electron chi connectivity index (χ2n) is 5.57. The molecule has 20 heavy (non-hydrogen) atoms. The van der Waals surface area contributed by atoms with Gasteiger partial charge in [0.1, 0.15) is 5.41 Å². The van der Waals surface area contributed by atoms with Crippen molar-refractivity contribution in [1.29, 1.82) is 0 Å². The Kier molecular flexibility index (Phi) is 5.92. The molecule has 1 fully saturated rings. The van der Waals surface area contributed by atoms with Crippen LogP contribution in [0.25, 0.3) is 0 Å². The van der Waals surface area contributed by atoms with E-state index in [9.17, 15) is 4.79 Å². The van der Waals surface area contributed by atoms with E-state index in [1.165, 1.54) is 0 Å². The molecule has 1 aliphatic rings. The third kappa shape index (κ3) is 3.90. The Morgan fingerprint density at radius 1 is 1.45 bits per heavy atom. The van der Waals surface area contributed by atoms with E-state index in [1.54, 1.807) is 25.1 Å². The molecule has 2 rings (SSSR count). The molecular weight excluding hydrogens is 325 g/mol. The predicted molar refractivity (Wildman–Crippen MR) is 74.4 cm³/mol. The number of aromatic nitrogens is 1. The molecule has 1 aliphatic carbocycles. The first kappa shape index (κ1) is 17.3. The maximum absolute atomic E-state index is 12.0. The second-order valence-corrected chi connectivity index (χ2v) is 5.57. The second kappa shape index (κ2) is 6.83. The van der Waals surface area contributed by atoms with Crippen LogP contribution in [0, 0.1) is 23.3 Å². The van der Waals surface area contributed by atoms with Crippen LogP contribution < -0.4 is 0 Å². The van der Waals surface area contributed by atoms with Gasteiger partial charge < -0.3 is 9.88 Å². The molecule has 0 atom stereocenters. The van der Waals surface area contributed by atoms with E-state index in [2.05, 4.69) is 36.7 Å². The van der Waals surface area contributed by atoms with Gasteiger partial charge in [0.2, 0.25) is 5.91 Å². The zero-order valence-corrected chi connectivity index (χ0v) is 15.4. The number of rotatable bonds is 2. The van der Waals surface area contributed by atoms with Crippen molar-refractivity contribution in [3.05, 3.63) is 29.6 Å². The van der Waals surface area contributed by atoms with Gasteiger partial charge in [0.15, 0.2) is 0 Å². The molecule has 0 bridgehead atoms. The number of carbonyl (C=O) groups excluding carboxylic acids is 1.